The lowest BCUT2D eigenvalue weighted by Gasteiger charge is -2.21. The molecule has 0 saturated heterocycles. The van der Waals surface area contributed by atoms with Gasteiger partial charge in [-0.1, -0.05) is 57.2 Å². The SMILES string of the molecule is CCCCCCCCNc1c2c(nc3ccccc13)CCCC2. The number of aryl methyl sites for hydroxylation is 1. The van der Waals surface area contributed by atoms with Crippen LogP contribution in [0.25, 0.3) is 10.9 Å². The Morgan fingerprint density at radius 2 is 1.74 bits per heavy atom. The summed E-state index contributed by atoms with van der Waals surface area (Å²) in [4.78, 5) is 4.91. The van der Waals surface area contributed by atoms with Crippen molar-refractivity contribution in [3.05, 3.63) is 35.5 Å². The number of rotatable bonds is 8. The van der Waals surface area contributed by atoms with Crippen LogP contribution in [0.2, 0.25) is 0 Å². The Bertz CT molecular complexity index is 633. The van der Waals surface area contributed by atoms with Crippen LogP contribution in [0.4, 0.5) is 5.69 Å². The fourth-order valence-electron chi connectivity index (χ4n) is 3.69. The minimum absolute atomic E-state index is 1.09. The largest absolute Gasteiger partial charge is 0.384 e. The van der Waals surface area contributed by atoms with Gasteiger partial charge in [0, 0.05) is 23.3 Å². The maximum absolute atomic E-state index is 4.91. The number of unbranched alkanes of at least 4 members (excludes halogenated alkanes) is 5. The standard InChI is InChI=1S/C21H30N2/c1-2-3-4-5-6-11-16-22-21-17-12-7-9-14-19(17)23-20-15-10-8-13-18(20)21/h7,9,12,14H,2-6,8,10-11,13,15-16H2,1H3,(H,22,23). The second-order valence-electron chi connectivity index (χ2n) is 6.83. The number of para-hydroxylation sites is 1. The van der Waals surface area contributed by atoms with Gasteiger partial charge in [-0.25, -0.2) is 0 Å². The number of benzene rings is 1. The summed E-state index contributed by atoms with van der Waals surface area (Å²) < 4.78 is 0. The van der Waals surface area contributed by atoms with Gasteiger partial charge in [-0.2, -0.15) is 0 Å². The first-order valence-corrected chi connectivity index (χ1v) is 9.54. The summed E-state index contributed by atoms with van der Waals surface area (Å²) in [6.07, 6.45) is 13.0. The number of hydrogen-bond donors (Lipinski definition) is 1. The van der Waals surface area contributed by atoms with Gasteiger partial charge in [0.1, 0.15) is 0 Å². The van der Waals surface area contributed by atoms with Crippen molar-refractivity contribution in [3.63, 3.8) is 0 Å². The minimum Gasteiger partial charge on any atom is -0.384 e. The molecule has 23 heavy (non-hydrogen) atoms. The van der Waals surface area contributed by atoms with E-state index in [0.717, 1.165) is 18.5 Å². The van der Waals surface area contributed by atoms with Gasteiger partial charge >= 0.3 is 0 Å². The van der Waals surface area contributed by atoms with Crippen LogP contribution in [0, 0.1) is 0 Å². The van der Waals surface area contributed by atoms with Crippen LogP contribution in [0.15, 0.2) is 24.3 Å². The van der Waals surface area contributed by atoms with Gasteiger partial charge in [-0.15, -0.1) is 0 Å². The van der Waals surface area contributed by atoms with E-state index in [1.54, 1.807) is 0 Å². The molecule has 3 rings (SSSR count). The van der Waals surface area contributed by atoms with Gasteiger partial charge in [0.25, 0.3) is 0 Å². The Morgan fingerprint density at radius 1 is 0.957 bits per heavy atom. The Labute approximate surface area is 140 Å². The Hall–Kier alpha value is -1.57. The van der Waals surface area contributed by atoms with Gasteiger partial charge < -0.3 is 5.32 Å². The van der Waals surface area contributed by atoms with Crippen LogP contribution in [0.3, 0.4) is 0 Å². The Kier molecular flexibility index (Phi) is 5.90. The van der Waals surface area contributed by atoms with Gasteiger partial charge in [0.2, 0.25) is 0 Å². The van der Waals surface area contributed by atoms with Crippen LogP contribution in [-0.4, -0.2) is 11.5 Å². The lowest BCUT2D eigenvalue weighted by molar-refractivity contribution is 0.616. The van der Waals surface area contributed by atoms with E-state index >= 15 is 0 Å². The lowest BCUT2D eigenvalue weighted by Crippen LogP contribution is -2.12. The monoisotopic (exact) mass is 310 g/mol. The average Bonchev–Trinajstić information content (AvgIpc) is 2.60. The van der Waals surface area contributed by atoms with E-state index in [9.17, 15) is 0 Å². The molecule has 1 aromatic heterocycles. The third kappa shape index (κ3) is 4.04. The summed E-state index contributed by atoms with van der Waals surface area (Å²) in [5.74, 6) is 0. The van der Waals surface area contributed by atoms with E-state index < -0.39 is 0 Å². The molecule has 0 unspecified atom stereocenters. The highest BCUT2D eigenvalue weighted by Gasteiger charge is 2.17. The van der Waals surface area contributed by atoms with E-state index in [-0.39, 0.29) is 0 Å². The maximum atomic E-state index is 4.91. The van der Waals surface area contributed by atoms with Gasteiger partial charge in [-0.3, -0.25) is 4.98 Å². The first-order chi connectivity index (χ1) is 11.4. The van der Waals surface area contributed by atoms with Crippen molar-refractivity contribution in [2.75, 3.05) is 11.9 Å². The van der Waals surface area contributed by atoms with Crippen molar-refractivity contribution in [2.24, 2.45) is 0 Å². The molecule has 0 fully saturated rings. The van der Waals surface area contributed by atoms with Crippen LogP contribution in [0.5, 0.6) is 0 Å². The molecule has 2 aromatic rings. The van der Waals surface area contributed by atoms with E-state index in [4.69, 9.17) is 4.98 Å². The molecule has 2 nitrogen and oxygen atoms in total. The molecule has 0 aliphatic heterocycles. The zero-order valence-corrected chi connectivity index (χ0v) is 14.5. The predicted octanol–water partition coefficient (Wildman–Crippen LogP) is 5.89. The Morgan fingerprint density at radius 3 is 2.65 bits per heavy atom. The first kappa shape index (κ1) is 16.3. The van der Waals surface area contributed by atoms with Crippen molar-refractivity contribution in [1.29, 1.82) is 0 Å². The fraction of sp³-hybridized carbons (Fsp3) is 0.571. The van der Waals surface area contributed by atoms with E-state index in [0.29, 0.717) is 0 Å². The van der Waals surface area contributed by atoms with E-state index in [1.165, 1.54) is 80.1 Å². The molecular weight excluding hydrogens is 280 g/mol. The molecule has 0 bridgehead atoms. The molecule has 1 aliphatic carbocycles. The normalized spacial score (nSPS) is 14.0. The topological polar surface area (TPSA) is 24.9 Å². The second kappa shape index (κ2) is 8.33. The van der Waals surface area contributed by atoms with Crippen LogP contribution in [0.1, 0.15) is 69.5 Å². The number of pyridine rings is 1. The molecule has 0 radical (unpaired) electrons. The summed E-state index contributed by atoms with van der Waals surface area (Å²) in [6, 6.07) is 8.61. The molecule has 124 valence electrons. The molecule has 1 aliphatic rings. The molecule has 0 saturated carbocycles. The fourth-order valence-corrected chi connectivity index (χ4v) is 3.69. The van der Waals surface area contributed by atoms with Crippen LogP contribution in [-0.2, 0) is 12.8 Å². The molecule has 1 aromatic carbocycles. The van der Waals surface area contributed by atoms with Crippen molar-refractivity contribution in [3.8, 4) is 0 Å². The molecule has 0 atom stereocenters. The molecule has 0 amide bonds. The summed E-state index contributed by atoms with van der Waals surface area (Å²) in [5.41, 5.74) is 5.35. The molecule has 0 spiro atoms. The smallest absolute Gasteiger partial charge is 0.0726 e. The molecular formula is C21H30N2. The highest BCUT2D eigenvalue weighted by molar-refractivity contribution is 5.93. The number of aromatic nitrogens is 1. The molecule has 1 N–H and O–H groups in total. The van der Waals surface area contributed by atoms with Crippen LogP contribution >= 0.6 is 0 Å². The lowest BCUT2D eigenvalue weighted by atomic mass is 9.92. The third-order valence-corrected chi connectivity index (χ3v) is 5.00. The van der Waals surface area contributed by atoms with E-state index in [1.807, 2.05) is 0 Å². The highest BCUT2D eigenvalue weighted by Crippen LogP contribution is 2.33. The predicted molar refractivity (Wildman–Crippen MR) is 100 cm³/mol. The van der Waals surface area contributed by atoms with Gasteiger partial charge in [-0.05, 0) is 43.7 Å². The average molecular weight is 310 g/mol. The third-order valence-electron chi connectivity index (χ3n) is 5.00. The van der Waals surface area contributed by atoms with Gasteiger partial charge in [0.15, 0.2) is 0 Å². The molecule has 2 heteroatoms. The van der Waals surface area contributed by atoms with E-state index in [2.05, 4.69) is 36.5 Å². The molecule has 1 heterocycles. The number of fused-ring (bicyclic) bond motifs is 2. The zero-order chi connectivity index (χ0) is 15.9. The van der Waals surface area contributed by atoms with Crippen molar-refractivity contribution < 1.29 is 0 Å². The van der Waals surface area contributed by atoms with Crippen molar-refractivity contribution in [2.45, 2.75) is 71.1 Å². The summed E-state index contributed by atoms with van der Waals surface area (Å²) >= 11 is 0. The maximum Gasteiger partial charge on any atom is 0.0726 e. The number of nitrogens with one attached hydrogen (secondary N) is 1. The highest BCUT2D eigenvalue weighted by atomic mass is 14.9. The van der Waals surface area contributed by atoms with Crippen molar-refractivity contribution >= 4 is 16.6 Å². The zero-order valence-electron chi connectivity index (χ0n) is 14.5. The quantitative estimate of drug-likeness (QED) is 0.615. The number of anilines is 1. The Balaban J connectivity index is 1.69. The summed E-state index contributed by atoms with van der Waals surface area (Å²) in [5, 5.41) is 5.07. The van der Waals surface area contributed by atoms with Crippen molar-refractivity contribution in [1.82, 2.24) is 4.98 Å². The van der Waals surface area contributed by atoms with Gasteiger partial charge in [0.05, 0.1) is 5.52 Å². The second-order valence-corrected chi connectivity index (χ2v) is 6.83. The summed E-state index contributed by atoms with van der Waals surface area (Å²) in [6.45, 7) is 3.37. The minimum atomic E-state index is 1.09. The first-order valence-electron chi connectivity index (χ1n) is 9.54. The number of hydrogen-bond acceptors (Lipinski definition) is 2. The summed E-state index contributed by atoms with van der Waals surface area (Å²) in [7, 11) is 0. The number of nitrogens with zero attached hydrogens (tertiary/aromatic N) is 1. The van der Waals surface area contributed by atoms with Crippen LogP contribution < -0.4 is 5.32 Å².